The summed E-state index contributed by atoms with van der Waals surface area (Å²) >= 11 is 0. The van der Waals surface area contributed by atoms with Gasteiger partial charge in [0.05, 0.1) is 12.0 Å². The van der Waals surface area contributed by atoms with E-state index in [1.54, 1.807) is 6.26 Å². The Kier molecular flexibility index (Phi) is 3.60. The summed E-state index contributed by atoms with van der Waals surface area (Å²) in [5.74, 6) is 1.39. The Balaban J connectivity index is 1.41. The van der Waals surface area contributed by atoms with Crippen LogP contribution in [0.3, 0.4) is 0 Å². The van der Waals surface area contributed by atoms with E-state index in [4.69, 9.17) is 9.40 Å². The van der Waals surface area contributed by atoms with Crippen LogP contribution in [0.25, 0.3) is 22.5 Å². The van der Waals surface area contributed by atoms with Crippen LogP contribution in [0.15, 0.2) is 59.3 Å². The lowest BCUT2D eigenvalue weighted by molar-refractivity contribution is 0.236. The summed E-state index contributed by atoms with van der Waals surface area (Å²) in [6, 6.07) is 14.6. The van der Waals surface area contributed by atoms with E-state index in [9.17, 15) is 0 Å². The Hall–Kier alpha value is -2.92. The predicted octanol–water partition coefficient (Wildman–Crippen LogP) is 3.79. The van der Waals surface area contributed by atoms with Crippen molar-refractivity contribution in [2.45, 2.75) is 19.5 Å². The highest BCUT2D eigenvalue weighted by Crippen LogP contribution is 2.24. The summed E-state index contributed by atoms with van der Waals surface area (Å²) in [7, 11) is 2.15. The highest BCUT2D eigenvalue weighted by atomic mass is 16.3. The van der Waals surface area contributed by atoms with E-state index in [1.165, 1.54) is 22.2 Å². The minimum Gasteiger partial charge on any atom is -0.461 e. The Morgan fingerprint density at radius 2 is 2.08 bits per heavy atom. The third-order valence-corrected chi connectivity index (χ3v) is 5.20. The van der Waals surface area contributed by atoms with Gasteiger partial charge in [-0.25, -0.2) is 9.97 Å². The van der Waals surface area contributed by atoms with Crippen molar-refractivity contribution in [2.24, 2.45) is 7.05 Å². The first-order valence-corrected chi connectivity index (χ1v) is 8.92. The molecule has 4 heterocycles. The van der Waals surface area contributed by atoms with E-state index < -0.39 is 0 Å². The summed E-state index contributed by atoms with van der Waals surface area (Å²) in [4.78, 5) is 11.7. The highest BCUT2D eigenvalue weighted by Gasteiger charge is 2.20. The molecular formula is C21H20N4O. The Morgan fingerprint density at radius 1 is 1.15 bits per heavy atom. The van der Waals surface area contributed by atoms with Crippen LogP contribution in [0.1, 0.15) is 17.0 Å². The molecule has 0 bridgehead atoms. The van der Waals surface area contributed by atoms with Gasteiger partial charge in [0.1, 0.15) is 0 Å². The second-order valence-corrected chi connectivity index (χ2v) is 6.86. The van der Waals surface area contributed by atoms with Gasteiger partial charge in [-0.15, -0.1) is 0 Å². The number of hydrogen-bond acceptors (Lipinski definition) is 4. The van der Waals surface area contributed by atoms with E-state index >= 15 is 0 Å². The van der Waals surface area contributed by atoms with Crippen molar-refractivity contribution in [3.8, 4) is 11.6 Å². The number of aromatic nitrogens is 3. The van der Waals surface area contributed by atoms with Crippen LogP contribution in [-0.4, -0.2) is 26.0 Å². The molecule has 1 aromatic carbocycles. The molecule has 5 nitrogen and oxygen atoms in total. The van der Waals surface area contributed by atoms with Crippen molar-refractivity contribution in [1.29, 1.82) is 0 Å². The lowest BCUT2D eigenvalue weighted by Gasteiger charge is -2.28. The van der Waals surface area contributed by atoms with Gasteiger partial charge < -0.3 is 8.98 Å². The fourth-order valence-corrected chi connectivity index (χ4v) is 3.74. The van der Waals surface area contributed by atoms with Gasteiger partial charge in [0.25, 0.3) is 0 Å². The maximum Gasteiger partial charge on any atom is 0.195 e. The number of para-hydroxylation sites is 1. The minimum absolute atomic E-state index is 0.667. The molecule has 0 atom stereocenters. The van der Waals surface area contributed by atoms with Gasteiger partial charge in [-0.05, 0) is 41.6 Å². The molecule has 0 fully saturated rings. The lowest BCUT2D eigenvalue weighted by atomic mass is 10.1. The molecule has 0 N–H and O–H groups in total. The smallest absolute Gasteiger partial charge is 0.195 e. The van der Waals surface area contributed by atoms with Gasteiger partial charge in [-0.3, -0.25) is 4.90 Å². The molecule has 0 saturated carbocycles. The molecule has 0 unspecified atom stereocenters. The maximum atomic E-state index is 5.44. The SMILES string of the molecule is Cn1c(CN2CCc3cnc(-c4ccco4)nc3C2)cc2ccccc21. The van der Waals surface area contributed by atoms with Crippen molar-refractivity contribution in [3.05, 3.63) is 71.9 Å². The largest absolute Gasteiger partial charge is 0.461 e. The van der Waals surface area contributed by atoms with Gasteiger partial charge in [0.15, 0.2) is 11.6 Å². The fraction of sp³-hybridized carbons (Fsp3) is 0.238. The van der Waals surface area contributed by atoms with E-state index in [2.05, 4.69) is 51.8 Å². The first kappa shape index (κ1) is 15.3. The maximum absolute atomic E-state index is 5.44. The van der Waals surface area contributed by atoms with Crippen LogP contribution < -0.4 is 0 Å². The molecule has 130 valence electrons. The van der Waals surface area contributed by atoms with E-state index in [-0.39, 0.29) is 0 Å². The summed E-state index contributed by atoms with van der Waals surface area (Å²) < 4.78 is 7.73. The first-order chi connectivity index (χ1) is 12.8. The Morgan fingerprint density at radius 3 is 2.92 bits per heavy atom. The predicted molar refractivity (Wildman–Crippen MR) is 100 cm³/mol. The van der Waals surface area contributed by atoms with Crippen molar-refractivity contribution >= 4 is 10.9 Å². The zero-order valence-electron chi connectivity index (χ0n) is 14.7. The third kappa shape index (κ3) is 2.61. The topological polar surface area (TPSA) is 47.1 Å². The zero-order valence-corrected chi connectivity index (χ0v) is 14.7. The molecular weight excluding hydrogens is 324 g/mol. The summed E-state index contributed by atoms with van der Waals surface area (Å²) in [5, 5.41) is 1.30. The first-order valence-electron chi connectivity index (χ1n) is 8.92. The Bertz CT molecular complexity index is 1070. The third-order valence-electron chi connectivity index (χ3n) is 5.20. The van der Waals surface area contributed by atoms with Crippen molar-refractivity contribution in [2.75, 3.05) is 6.54 Å². The minimum atomic E-state index is 0.667. The number of rotatable bonds is 3. The second-order valence-electron chi connectivity index (χ2n) is 6.86. The van der Waals surface area contributed by atoms with Crippen LogP contribution in [0.4, 0.5) is 0 Å². The molecule has 0 amide bonds. The average molecular weight is 344 g/mol. The molecule has 3 aromatic heterocycles. The summed E-state index contributed by atoms with van der Waals surface area (Å²) in [6.45, 7) is 2.79. The van der Waals surface area contributed by atoms with Gasteiger partial charge >= 0.3 is 0 Å². The van der Waals surface area contributed by atoms with Crippen molar-refractivity contribution in [3.63, 3.8) is 0 Å². The number of hydrogen-bond donors (Lipinski definition) is 0. The molecule has 0 saturated heterocycles. The molecule has 5 heteroatoms. The van der Waals surface area contributed by atoms with Gasteiger partial charge in [-0.1, -0.05) is 18.2 Å². The lowest BCUT2D eigenvalue weighted by Crippen LogP contribution is -2.31. The van der Waals surface area contributed by atoms with Gasteiger partial charge in [-0.2, -0.15) is 0 Å². The monoisotopic (exact) mass is 344 g/mol. The summed E-state index contributed by atoms with van der Waals surface area (Å²) in [5.41, 5.74) is 4.96. The van der Waals surface area contributed by atoms with Crippen LogP contribution in [0, 0.1) is 0 Å². The second kappa shape index (κ2) is 6.11. The number of fused-ring (bicyclic) bond motifs is 2. The number of aryl methyl sites for hydroxylation is 1. The molecule has 0 radical (unpaired) electrons. The standard InChI is InChI=1S/C21H20N4O/c1-24-17(11-15-5-2-3-6-19(15)24)13-25-9-8-16-12-22-21(23-18(16)14-25)20-7-4-10-26-20/h2-7,10-12H,8-9,13-14H2,1H3. The van der Waals surface area contributed by atoms with Crippen LogP contribution in [-0.2, 0) is 26.6 Å². The van der Waals surface area contributed by atoms with Crippen LogP contribution in [0.2, 0.25) is 0 Å². The van der Waals surface area contributed by atoms with Crippen molar-refractivity contribution in [1.82, 2.24) is 19.4 Å². The molecule has 26 heavy (non-hydrogen) atoms. The van der Waals surface area contributed by atoms with Crippen LogP contribution in [0.5, 0.6) is 0 Å². The highest BCUT2D eigenvalue weighted by molar-refractivity contribution is 5.81. The van der Waals surface area contributed by atoms with E-state index in [0.717, 1.165) is 37.5 Å². The molecule has 1 aliphatic heterocycles. The fourth-order valence-electron chi connectivity index (χ4n) is 3.74. The van der Waals surface area contributed by atoms with E-state index in [0.29, 0.717) is 5.82 Å². The normalized spacial score (nSPS) is 14.7. The zero-order chi connectivity index (χ0) is 17.5. The van der Waals surface area contributed by atoms with E-state index in [1.807, 2.05) is 18.3 Å². The van der Waals surface area contributed by atoms with Crippen LogP contribution >= 0.6 is 0 Å². The van der Waals surface area contributed by atoms with Gasteiger partial charge in [0, 0.05) is 44.1 Å². The molecule has 0 spiro atoms. The van der Waals surface area contributed by atoms with Crippen molar-refractivity contribution < 1.29 is 4.42 Å². The Labute approximate surface area is 151 Å². The molecule has 5 rings (SSSR count). The number of nitrogens with zero attached hydrogens (tertiary/aromatic N) is 4. The van der Waals surface area contributed by atoms with Gasteiger partial charge in [0.2, 0.25) is 0 Å². The quantitative estimate of drug-likeness (QED) is 0.567. The average Bonchev–Trinajstić information content (AvgIpc) is 3.31. The number of furan rings is 1. The molecule has 0 aliphatic carbocycles. The summed E-state index contributed by atoms with van der Waals surface area (Å²) in [6.07, 6.45) is 4.59. The number of benzene rings is 1. The molecule has 4 aromatic rings. The molecule has 1 aliphatic rings.